The third-order valence-corrected chi connectivity index (χ3v) is 4.17. The number of fused-ring (bicyclic) bond motifs is 1. The number of aromatic amines is 1. The van der Waals surface area contributed by atoms with Crippen LogP contribution in [0.2, 0.25) is 0 Å². The average molecular weight is 316 g/mol. The summed E-state index contributed by atoms with van der Waals surface area (Å²) in [5.74, 6) is -0.299. The number of halogens is 1. The molecule has 0 unspecified atom stereocenters. The van der Waals surface area contributed by atoms with E-state index in [-0.39, 0.29) is 5.82 Å². The lowest BCUT2D eigenvalue weighted by Crippen LogP contribution is -1.90. The van der Waals surface area contributed by atoms with Crippen LogP contribution < -0.4 is 0 Å². The van der Waals surface area contributed by atoms with Crippen molar-refractivity contribution in [2.45, 2.75) is 0 Å². The zero-order valence-electron chi connectivity index (χ0n) is 12.9. The Bertz CT molecular complexity index is 1080. The minimum Gasteiger partial charge on any atom is -0.346 e. The summed E-state index contributed by atoms with van der Waals surface area (Å²) < 4.78 is 15.1. The van der Waals surface area contributed by atoms with E-state index in [0.29, 0.717) is 5.69 Å². The highest BCUT2D eigenvalue weighted by atomic mass is 19.1. The molecule has 24 heavy (non-hydrogen) atoms. The van der Waals surface area contributed by atoms with Crippen molar-refractivity contribution < 1.29 is 4.39 Å². The van der Waals surface area contributed by atoms with Crippen molar-refractivity contribution in [1.29, 1.82) is 5.26 Å². The Morgan fingerprint density at radius 1 is 1.12 bits per heavy atom. The molecule has 0 saturated heterocycles. The number of pyridine rings is 1. The van der Waals surface area contributed by atoms with E-state index in [9.17, 15) is 9.65 Å². The molecule has 0 aliphatic rings. The number of rotatable bonds is 2. The van der Waals surface area contributed by atoms with E-state index in [0.717, 1.165) is 33.3 Å². The molecular formula is C19H13FN4. The Hall–Kier alpha value is -3.39. The first-order valence-electron chi connectivity index (χ1n) is 7.47. The molecule has 0 aliphatic heterocycles. The number of nitriles is 1. The molecule has 0 aliphatic carbocycles. The van der Waals surface area contributed by atoms with Crippen LogP contribution in [0, 0.1) is 17.1 Å². The maximum Gasteiger partial charge on any atom is 0.137 e. The van der Waals surface area contributed by atoms with Crippen LogP contribution in [0.4, 0.5) is 4.39 Å². The average Bonchev–Trinajstić information content (AvgIpc) is 3.19. The number of nitrogens with zero attached hydrogens (tertiary/aromatic N) is 3. The molecule has 0 bridgehead atoms. The first-order chi connectivity index (χ1) is 11.7. The van der Waals surface area contributed by atoms with E-state index >= 15 is 0 Å². The highest BCUT2D eigenvalue weighted by Gasteiger charge is 2.19. The Kier molecular flexibility index (Phi) is 3.17. The number of hydrogen-bond acceptors (Lipinski definition) is 2. The number of aromatic nitrogens is 3. The third-order valence-electron chi connectivity index (χ3n) is 4.17. The predicted octanol–water partition coefficient (Wildman–Crippen LogP) is 4.25. The summed E-state index contributed by atoms with van der Waals surface area (Å²) in [5.41, 5.74) is 4.85. The Morgan fingerprint density at radius 2 is 1.92 bits per heavy atom. The number of H-pyrrole nitrogens is 1. The molecule has 4 aromatic rings. The van der Waals surface area contributed by atoms with Gasteiger partial charge in [-0.1, -0.05) is 12.1 Å². The van der Waals surface area contributed by atoms with E-state index in [2.05, 4.69) is 16.0 Å². The molecule has 4 nitrogen and oxygen atoms in total. The third kappa shape index (κ3) is 2.09. The molecule has 3 aromatic heterocycles. The van der Waals surface area contributed by atoms with Crippen molar-refractivity contribution in [1.82, 2.24) is 14.5 Å². The molecule has 0 radical (unpaired) electrons. The van der Waals surface area contributed by atoms with Crippen LogP contribution in [0.15, 0.2) is 55.0 Å². The lowest BCUT2D eigenvalue weighted by Gasteiger charge is -2.07. The molecule has 1 aromatic carbocycles. The molecular weight excluding hydrogens is 303 g/mol. The van der Waals surface area contributed by atoms with Gasteiger partial charge in [-0.3, -0.25) is 0 Å². The minimum absolute atomic E-state index is 0.299. The van der Waals surface area contributed by atoms with Crippen molar-refractivity contribution in [3.8, 4) is 28.3 Å². The predicted molar refractivity (Wildman–Crippen MR) is 90.6 cm³/mol. The topological polar surface area (TPSA) is 57.4 Å². The Morgan fingerprint density at radius 3 is 2.67 bits per heavy atom. The molecule has 0 atom stereocenters. The second kappa shape index (κ2) is 5.36. The number of hydrogen-bond donors (Lipinski definition) is 1. The molecule has 3 heterocycles. The van der Waals surface area contributed by atoms with Crippen LogP contribution in [0.5, 0.6) is 0 Å². The summed E-state index contributed by atoms with van der Waals surface area (Å²) in [5, 5.41) is 10.6. The highest BCUT2D eigenvalue weighted by Crippen LogP contribution is 2.38. The maximum absolute atomic E-state index is 13.3. The van der Waals surface area contributed by atoms with E-state index in [1.165, 1.54) is 12.1 Å². The standard InChI is InChI=1S/C19H13FN4/c1-24-11-16(14-6-8-22-19-15(14)7-9-23-19)18(17(24)10-21)12-2-4-13(20)5-3-12/h2-9,11H,1H3,(H,22,23). The second-order valence-electron chi connectivity index (χ2n) is 5.59. The molecule has 0 saturated carbocycles. The highest BCUT2D eigenvalue weighted by molar-refractivity contribution is 5.99. The number of aryl methyl sites for hydroxylation is 1. The molecule has 5 heteroatoms. The summed E-state index contributed by atoms with van der Waals surface area (Å²) >= 11 is 0. The van der Waals surface area contributed by atoms with Crippen LogP contribution in [-0.4, -0.2) is 14.5 Å². The van der Waals surface area contributed by atoms with E-state index in [4.69, 9.17) is 0 Å². The van der Waals surface area contributed by atoms with Gasteiger partial charge in [0.2, 0.25) is 0 Å². The first kappa shape index (κ1) is 14.2. The smallest absolute Gasteiger partial charge is 0.137 e. The summed E-state index contributed by atoms with van der Waals surface area (Å²) in [4.78, 5) is 7.41. The van der Waals surface area contributed by atoms with Crippen LogP contribution in [-0.2, 0) is 7.05 Å². The molecule has 116 valence electrons. The van der Waals surface area contributed by atoms with Gasteiger partial charge in [-0.25, -0.2) is 9.37 Å². The van der Waals surface area contributed by atoms with E-state index in [1.54, 1.807) is 22.9 Å². The zero-order chi connectivity index (χ0) is 16.7. The van der Waals surface area contributed by atoms with Crippen LogP contribution in [0.1, 0.15) is 5.69 Å². The monoisotopic (exact) mass is 316 g/mol. The van der Waals surface area contributed by atoms with Gasteiger partial charge in [-0.2, -0.15) is 5.26 Å². The SMILES string of the molecule is Cn1cc(-c2ccnc3[nH]ccc23)c(-c2ccc(F)cc2)c1C#N. The van der Waals surface area contributed by atoms with Gasteiger partial charge >= 0.3 is 0 Å². The lowest BCUT2D eigenvalue weighted by atomic mass is 9.96. The number of nitrogens with one attached hydrogen (secondary N) is 1. The van der Waals surface area contributed by atoms with Crippen molar-refractivity contribution in [3.05, 3.63) is 66.5 Å². The maximum atomic E-state index is 13.3. The summed E-state index contributed by atoms with van der Waals surface area (Å²) in [6.07, 6.45) is 5.51. The van der Waals surface area contributed by atoms with Crippen molar-refractivity contribution >= 4 is 11.0 Å². The summed E-state index contributed by atoms with van der Waals surface area (Å²) in [7, 11) is 1.84. The van der Waals surface area contributed by atoms with Crippen LogP contribution >= 0.6 is 0 Å². The molecule has 4 rings (SSSR count). The van der Waals surface area contributed by atoms with E-state index < -0.39 is 0 Å². The van der Waals surface area contributed by atoms with Crippen molar-refractivity contribution in [2.24, 2.45) is 7.05 Å². The quantitative estimate of drug-likeness (QED) is 0.601. The Balaban J connectivity index is 2.05. The van der Waals surface area contributed by atoms with Gasteiger partial charge in [0.1, 0.15) is 23.2 Å². The normalized spacial score (nSPS) is 10.9. The Labute approximate surface area is 137 Å². The largest absolute Gasteiger partial charge is 0.346 e. The van der Waals surface area contributed by atoms with Gasteiger partial charge in [0, 0.05) is 42.2 Å². The molecule has 1 N–H and O–H groups in total. The lowest BCUT2D eigenvalue weighted by molar-refractivity contribution is 0.628. The van der Waals surface area contributed by atoms with Gasteiger partial charge in [0.05, 0.1) is 0 Å². The fraction of sp³-hybridized carbons (Fsp3) is 0.0526. The fourth-order valence-electron chi connectivity index (χ4n) is 3.07. The first-order valence-corrected chi connectivity index (χ1v) is 7.47. The molecule has 0 amide bonds. The fourth-order valence-corrected chi connectivity index (χ4v) is 3.07. The zero-order valence-corrected chi connectivity index (χ0v) is 12.9. The van der Waals surface area contributed by atoms with Crippen molar-refractivity contribution in [2.75, 3.05) is 0 Å². The van der Waals surface area contributed by atoms with Crippen LogP contribution in [0.25, 0.3) is 33.3 Å². The van der Waals surface area contributed by atoms with Gasteiger partial charge in [0.15, 0.2) is 0 Å². The summed E-state index contributed by atoms with van der Waals surface area (Å²) in [6, 6.07) is 12.4. The van der Waals surface area contributed by atoms with E-state index in [1.807, 2.05) is 31.6 Å². The van der Waals surface area contributed by atoms with Gasteiger partial charge in [0.25, 0.3) is 0 Å². The van der Waals surface area contributed by atoms with Gasteiger partial charge in [-0.05, 0) is 35.4 Å². The molecule has 0 fully saturated rings. The second-order valence-corrected chi connectivity index (χ2v) is 5.59. The number of benzene rings is 1. The minimum atomic E-state index is -0.299. The molecule has 0 spiro atoms. The van der Waals surface area contributed by atoms with Crippen molar-refractivity contribution in [3.63, 3.8) is 0 Å². The van der Waals surface area contributed by atoms with Gasteiger partial charge < -0.3 is 9.55 Å². The van der Waals surface area contributed by atoms with Crippen LogP contribution in [0.3, 0.4) is 0 Å². The van der Waals surface area contributed by atoms with Gasteiger partial charge in [-0.15, -0.1) is 0 Å². The summed E-state index contributed by atoms with van der Waals surface area (Å²) in [6.45, 7) is 0.